The lowest BCUT2D eigenvalue weighted by atomic mass is 10.2. The van der Waals surface area contributed by atoms with Crippen LogP contribution in [-0.2, 0) is 6.54 Å². The first kappa shape index (κ1) is 14.7. The summed E-state index contributed by atoms with van der Waals surface area (Å²) in [6.45, 7) is 0.540. The van der Waals surface area contributed by atoms with E-state index >= 15 is 0 Å². The smallest absolute Gasteiger partial charge is 0.203 e. The maximum Gasteiger partial charge on any atom is 0.203 e. The van der Waals surface area contributed by atoms with Crippen molar-refractivity contribution in [2.45, 2.75) is 6.54 Å². The van der Waals surface area contributed by atoms with Gasteiger partial charge in [-0.3, -0.25) is 0 Å². The highest BCUT2D eigenvalue weighted by atomic mass is 15.3. The van der Waals surface area contributed by atoms with Gasteiger partial charge in [0.05, 0.1) is 19.1 Å². The standard InChI is InChI=1S/C16H15N7/c1-22(2)11-19-15-14-16(20-13(8-17)9-18-14)23(21-15)10-12-6-4-3-5-7-12/h3-7,9,11H,10H2,1-2H3/b19-11-. The summed E-state index contributed by atoms with van der Waals surface area (Å²) >= 11 is 0. The molecule has 114 valence electrons. The number of benzene rings is 1. The zero-order valence-electron chi connectivity index (χ0n) is 12.9. The molecule has 0 spiro atoms. The summed E-state index contributed by atoms with van der Waals surface area (Å²) in [6, 6.07) is 11.9. The number of aliphatic imine (C=N–C) groups is 1. The Labute approximate surface area is 133 Å². The Morgan fingerprint density at radius 3 is 2.78 bits per heavy atom. The van der Waals surface area contributed by atoms with Crippen molar-refractivity contribution in [1.82, 2.24) is 24.6 Å². The Balaban J connectivity index is 2.10. The second-order valence-electron chi connectivity index (χ2n) is 5.21. The van der Waals surface area contributed by atoms with Crippen molar-refractivity contribution in [2.75, 3.05) is 14.1 Å². The van der Waals surface area contributed by atoms with Gasteiger partial charge in [0.2, 0.25) is 5.82 Å². The predicted molar refractivity (Wildman–Crippen MR) is 87.4 cm³/mol. The minimum Gasteiger partial charge on any atom is -0.369 e. The van der Waals surface area contributed by atoms with Crippen LogP contribution in [0.3, 0.4) is 0 Å². The fourth-order valence-corrected chi connectivity index (χ4v) is 2.10. The molecule has 0 atom stereocenters. The van der Waals surface area contributed by atoms with Crippen LogP contribution in [0, 0.1) is 11.3 Å². The van der Waals surface area contributed by atoms with Crippen molar-refractivity contribution < 1.29 is 0 Å². The van der Waals surface area contributed by atoms with Gasteiger partial charge >= 0.3 is 0 Å². The normalized spacial score (nSPS) is 11.0. The van der Waals surface area contributed by atoms with Crippen molar-refractivity contribution in [3.8, 4) is 6.07 Å². The third-order valence-corrected chi connectivity index (χ3v) is 3.13. The number of rotatable bonds is 4. The van der Waals surface area contributed by atoms with Gasteiger partial charge < -0.3 is 4.90 Å². The number of hydrogen-bond donors (Lipinski definition) is 0. The van der Waals surface area contributed by atoms with Gasteiger partial charge in [0.15, 0.2) is 16.9 Å². The zero-order chi connectivity index (χ0) is 16.2. The van der Waals surface area contributed by atoms with Gasteiger partial charge in [-0.2, -0.15) is 5.26 Å². The summed E-state index contributed by atoms with van der Waals surface area (Å²) in [5.41, 5.74) is 2.48. The molecule has 0 aliphatic rings. The van der Waals surface area contributed by atoms with E-state index in [-0.39, 0.29) is 5.69 Å². The molecule has 0 saturated heterocycles. The molecule has 0 bridgehead atoms. The van der Waals surface area contributed by atoms with Crippen LogP contribution in [0.5, 0.6) is 0 Å². The first-order chi connectivity index (χ1) is 11.2. The van der Waals surface area contributed by atoms with Crippen LogP contribution in [0.1, 0.15) is 11.3 Å². The Morgan fingerprint density at radius 1 is 1.30 bits per heavy atom. The van der Waals surface area contributed by atoms with Gasteiger partial charge in [-0.05, 0) is 5.56 Å². The summed E-state index contributed by atoms with van der Waals surface area (Å²) in [5.74, 6) is 0.488. The molecule has 0 amide bonds. The number of aromatic nitrogens is 4. The SMILES string of the molecule is CN(C)/C=N\c1nn(Cc2ccccc2)c2nc(C#N)cnc12. The maximum atomic E-state index is 9.04. The molecule has 23 heavy (non-hydrogen) atoms. The second kappa shape index (κ2) is 6.23. The molecule has 1 aromatic carbocycles. The first-order valence-corrected chi connectivity index (χ1v) is 7.05. The predicted octanol–water partition coefficient (Wildman–Crippen LogP) is 1.97. The number of hydrogen-bond acceptors (Lipinski definition) is 5. The summed E-state index contributed by atoms with van der Waals surface area (Å²) in [6.07, 6.45) is 3.10. The third kappa shape index (κ3) is 3.16. The van der Waals surface area contributed by atoms with Crippen LogP contribution in [0.15, 0.2) is 41.5 Å². The minimum absolute atomic E-state index is 0.259. The van der Waals surface area contributed by atoms with Crippen molar-refractivity contribution in [3.63, 3.8) is 0 Å². The van der Waals surface area contributed by atoms with Gasteiger partial charge in [0.25, 0.3) is 0 Å². The molecular weight excluding hydrogens is 290 g/mol. The van der Waals surface area contributed by atoms with E-state index in [1.54, 1.807) is 11.0 Å². The van der Waals surface area contributed by atoms with Gasteiger partial charge in [-0.15, -0.1) is 5.10 Å². The number of fused-ring (bicyclic) bond motifs is 1. The quantitative estimate of drug-likeness (QED) is 0.543. The average Bonchev–Trinajstić information content (AvgIpc) is 2.91. The summed E-state index contributed by atoms with van der Waals surface area (Å²) in [4.78, 5) is 14.8. The van der Waals surface area contributed by atoms with E-state index in [1.165, 1.54) is 6.20 Å². The van der Waals surface area contributed by atoms with E-state index in [0.717, 1.165) is 5.56 Å². The van der Waals surface area contributed by atoms with E-state index in [2.05, 4.69) is 20.1 Å². The zero-order valence-corrected chi connectivity index (χ0v) is 12.9. The van der Waals surface area contributed by atoms with Gasteiger partial charge in [0, 0.05) is 14.1 Å². The lowest BCUT2D eigenvalue weighted by molar-refractivity contribution is 0.642. The molecule has 3 rings (SSSR count). The Morgan fingerprint density at radius 2 is 2.09 bits per heavy atom. The van der Waals surface area contributed by atoms with Crippen LogP contribution >= 0.6 is 0 Å². The molecule has 7 nitrogen and oxygen atoms in total. The van der Waals surface area contributed by atoms with E-state index in [0.29, 0.717) is 23.5 Å². The lowest BCUT2D eigenvalue weighted by Crippen LogP contribution is -2.07. The van der Waals surface area contributed by atoms with E-state index in [1.807, 2.05) is 55.4 Å². The number of nitriles is 1. The van der Waals surface area contributed by atoms with Crippen LogP contribution in [0.25, 0.3) is 11.2 Å². The van der Waals surface area contributed by atoms with Gasteiger partial charge in [-0.1, -0.05) is 30.3 Å². The second-order valence-corrected chi connectivity index (χ2v) is 5.21. The molecule has 0 unspecified atom stereocenters. The Hall–Kier alpha value is -3.27. The lowest BCUT2D eigenvalue weighted by Gasteiger charge is -2.02. The highest BCUT2D eigenvalue weighted by Crippen LogP contribution is 2.22. The molecule has 0 aliphatic heterocycles. The minimum atomic E-state index is 0.259. The third-order valence-electron chi connectivity index (χ3n) is 3.13. The van der Waals surface area contributed by atoms with Crippen molar-refractivity contribution in [3.05, 3.63) is 47.8 Å². The summed E-state index contributed by atoms with van der Waals surface area (Å²) in [7, 11) is 3.76. The van der Waals surface area contributed by atoms with Gasteiger partial charge in [-0.25, -0.2) is 19.6 Å². The molecule has 2 heterocycles. The van der Waals surface area contributed by atoms with Gasteiger partial charge in [0.1, 0.15) is 6.07 Å². The van der Waals surface area contributed by atoms with Crippen molar-refractivity contribution in [2.24, 2.45) is 4.99 Å². The molecule has 3 aromatic rings. The number of nitrogens with zero attached hydrogens (tertiary/aromatic N) is 7. The highest BCUT2D eigenvalue weighted by Gasteiger charge is 2.14. The maximum absolute atomic E-state index is 9.04. The van der Waals surface area contributed by atoms with Crippen LogP contribution in [0.4, 0.5) is 5.82 Å². The largest absolute Gasteiger partial charge is 0.369 e. The average molecular weight is 305 g/mol. The van der Waals surface area contributed by atoms with E-state index in [9.17, 15) is 0 Å². The summed E-state index contributed by atoms with van der Waals surface area (Å²) in [5, 5.41) is 13.5. The fraction of sp³-hybridized carbons (Fsp3) is 0.188. The molecular formula is C16H15N7. The fourth-order valence-electron chi connectivity index (χ4n) is 2.10. The molecule has 0 fully saturated rings. The molecule has 0 saturated carbocycles. The highest BCUT2D eigenvalue weighted by molar-refractivity contribution is 5.83. The molecule has 0 radical (unpaired) electrons. The monoisotopic (exact) mass is 305 g/mol. The van der Waals surface area contributed by atoms with Crippen LogP contribution in [0.2, 0.25) is 0 Å². The molecule has 7 heteroatoms. The summed E-state index contributed by atoms with van der Waals surface area (Å²) < 4.78 is 1.72. The van der Waals surface area contributed by atoms with E-state index in [4.69, 9.17) is 5.26 Å². The van der Waals surface area contributed by atoms with E-state index < -0.39 is 0 Å². The van der Waals surface area contributed by atoms with Crippen molar-refractivity contribution in [1.29, 1.82) is 5.26 Å². The molecule has 2 aromatic heterocycles. The van der Waals surface area contributed by atoms with Crippen molar-refractivity contribution >= 4 is 23.3 Å². The Kier molecular flexibility index (Phi) is 3.97. The van der Waals surface area contributed by atoms with Crippen LogP contribution < -0.4 is 0 Å². The Bertz CT molecular complexity index is 888. The molecule has 0 N–H and O–H groups in total. The molecule has 0 aliphatic carbocycles. The van der Waals surface area contributed by atoms with Crippen LogP contribution in [-0.4, -0.2) is 45.1 Å². The first-order valence-electron chi connectivity index (χ1n) is 7.05. The topological polar surface area (TPSA) is 83.0 Å².